The van der Waals surface area contributed by atoms with Gasteiger partial charge in [-0.3, -0.25) is 19.1 Å². The van der Waals surface area contributed by atoms with Crippen LogP contribution in [0.15, 0.2) is 41.8 Å². The summed E-state index contributed by atoms with van der Waals surface area (Å²) in [6.45, 7) is 6.12. The number of piperazine rings is 1. The summed E-state index contributed by atoms with van der Waals surface area (Å²) in [5.41, 5.74) is 2.61. The first kappa shape index (κ1) is 22.7. The van der Waals surface area contributed by atoms with Crippen LogP contribution in [0.25, 0.3) is 5.69 Å². The molecule has 3 heterocycles. The number of hydrogen-bond acceptors (Lipinski definition) is 5. The number of amides is 2. The number of nitrogens with one attached hydrogen (secondary N) is 1. The minimum Gasteiger partial charge on any atom is -0.335 e. The molecule has 0 aliphatic carbocycles. The van der Waals surface area contributed by atoms with Crippen molar-refractivity contribution in [1.82, 2.24) is 14.4 Å². The molecule has 1 aliphatic heterocycles. The van der Waals surface area contributed by atoms with E-state index in [-0.39, 0.29) is 24.2 Å². The summed E-state index contributed by atoms with van der Waals surface area (Å²) in [4.78, 5) is 29.9. The van der Waals surface area contributed by atoms with Crippen molar-refractivity contribution in [3.63, 3.8) is 0 Å². The van der Waals surface area contributed by atoms with Crippen molar-refractivity contribution >= 4 is 29.0 Å². The van der Waals surface area contributed by atoms with Gasteiger partial charge in [-0.2, -0.15) is 5.26 Å². The predicted molar refractivity (Wildman–Crippen MR) is 125 cm³/mol. The van der Waals surface area contributed by atoms with Gasteiger partial charge in [0.2, 0.25) is 5.91 Å². The van der Waals surface area contributed by atoms with Crippen LogP contribution in [0.5, 0.6) is 0 Å². The summed E-state index contributed by atoms with van der Waals surface area (Å²) >= 11 is 1.43. The van der Waals surface area contributed by atoms with Gasteiger partial charge in [-0.25, -0.2) is 4.39 Å². The molecule has 0 unspecified atom stereocenters. The number of rotatable bonds is 5. The highest BCUT2D eigenvalue weighted by atomic mass is 32.1. The van der Waals surface area contributed by atoms with Gasteiger partial charge in [0.1, 0.15) is 17.7 Å². The predicted octanol–water partition coefficient (Wildman–Crippen LogP) is 3.56. The van der Waals surface area contributed by atoms with Gasteiger partial charge in [-0.05, 0) is 55.1 Å². The molecular formula is C24H24FN5O2S. The SMILES string of the molecule is Cc1c(C#N)c(NC(=O)CN2CCN(C(=O)c3cccs3)CC2)n(-c2ccc(F)cc2)c1C. The van der Waals surface area contributed by atoms with Crippen LogP contribution in [0, 0.1) is 31.0 Å². The van der Waals surface area contributed by atoms with E-state index < -0.39 is 0 Å². The summed E-state index contributed by atoms with van der Waals surface area (Å²) in [5.74, 6) is -0.195. The number of benzene rings is 1. The Morgan fingerprint density at radius 1 is 1.12 bits per heavy atom. The number of nitriles is 1. The number of anilines is 1. The summed E-state index contributed by atoms with van der Waals surface area (Å²) in [5, 5.41) is 14.5. The molecule has 0 radical (unpaired) electrons. The molecule has 0 saturated carbocycles. The second kappa shape index (κ2) is 9.57. The van der Waals surface area contributed by atoms with Crippen LogP contribution in [-0.4, -0.2) is 58.9 Å². The fourth-order valence-electron chi connectivity index (χ4n) is 4.01. The van der Waals surface area contributed by atoms with E-state index in [1.807, 2.05) is 36.3 Å². The van der Waals surface area contributed by atoms with Crippen LogP contribution in [0.3, 0.4) is 0 Å². The van der Waals surface area contributed by atoms with E-state index >= 15 is 0 Å². The molecule has 7 nitrogen and oxygen atoms in total. The average molecular weight is 466 g/mol. The molecule has 33 heavy (non-hydrogen) atoms. The van der Waals surface area contributed by atoms with E-state index in [0.717, 1.165) is 16.1 Å². The van der Waals surface area contributed by atoms with Crippen LogP contribution in [0.1, 0.15) is 26.5 Å². The monoisotopic (exact) mass is 465 g/mol. The van der Waals surface area contributed by atoms with E-state index in [0.29, 0.717) is 43.2 Å². The molecule has 0 spiro atoms. The third-order valence-corrected chi connectivity index (χ3v) is 6.78. The van der Waals surface area contributed by atoms with Crippen LogP contribution in [-0.2, 0) is 4.79 Å². The fourth-order valence-corrected chi connectivity index (χ4v) is 4.70. The van der Waals surface area contributed by atoms with Gasteiger partial charge in [0.05, 0.1) is 17.0 Å². The highest BCUT2D eigenvalue weighted by Crippen LogP contribution is 2.30. The third kappa shape index (κ3) is 4.67. The maximum atomic E-state index is 13.4. The van der Waals surface area contributed by atoms with Gasteiger partial charge in [-0.1, -0.05) is 6.07 Å². The molecule has 9 heteroatoms. The second-order valence-electron chi connectivity index (χ2n) is 7.95. The first-order valence-electron chi connectivity index (χ1n) is 10.6. The standard InChI is InChI=1S/C24H24FN5O2S/c1-16-17(2)30(19-7-5-18(25)6-8-19)23(20(16)14-26)27-22(31)15-28-9-11-29(12-10-28)24(32)21-4-3-13-33-21/h3-8,13H,9-12,15H2,1-2H3,(H,27,31). The molecule has 3 aromatic rings. The molecule has 2 aromatic heterocycles. The first-order chi connectivity index (χ1) is 15.9. The lowest BCUT2D eigenvalue weighted by Crippen LogP contribution is -2.50. The Kier molecular flexibility index (Phi) is 6.58. The van der Waals surface area contributed by atoms with Gasteiger partial charge in [0, 0.05) is 37.6 Å². The lowest BCUT2D eigenvalue weighted by molar-refractivity contribution is -0.117. The molecule has 170 valence electrons. The van der Waals surface area contributed by atoms with Crippen molar-refractivity contribution in [2.45, 2.75) is 13.8 Å². The molecule has 1 saturated heterocycles. The summed E-state index contributed by atoms with van der Waals surface area (Å²) < 4.78 is 15.2. The topological polar surface area (TPSA) is 81.4 Å². The average Bonchev–Trinajstić information content (AvgIpc) is 3.42. The lowest BCUT2D eigenvalue weighted by Gasteiger charge is -2.34. The number of nitrogens with zero attached hydrogens (tertiary/aromatic N) is 4. The van der Waals surface area contributed by atoms with E-state index in [9.17, 15) is 19.2 Å². The normalized spacial score (nSPS) is 14.2. The van der Waals surface area contributed by atoms with Crippen LogP contribution < -0.4 is 5.32 Å². The van der Waals surface area contributed by atoms with E-state index in [2.05, 4.69) is 11.4 Å². The summed E-state index contributed by atoms with van der Waals surface area (Å²) in [7, 11) is 0. The summed E-state index contributed by atoms with van der Waals surface area (Å²) in [6.07, 6.45) is 0. The van der Waals surface area contributed by atoms with Gasteiger partial charge in [-0.15, -0.1) is 11.3 Å². The Balaban J connectivity index is 1.45. The minimum atomic E-state index is -0.358. The van der Waals surface area contributed by atoms with Crippen molar-refractivity contribution in [2.24, 2.45) is 0 Å². The van der Waals surface area contributed by atoms with Crippen LogP contribution >= 0.6 is 11.3 Å². The van der Waals surface area contributed by atoms with Crippen molar-refractivity contribution < 1.29 is 14.0 Å². The Morgan fingerprint density at radius 3 is 2.42 bits per heavy atom. The number of thiophene rings is 1. The number of aromatic nitrogens is 1. The Bertz CT molecular complexity index is 1200. The zero-order valence-corrected chi connectivity index (χ0v) is 19.3. The molecule has 4 rings (SSSR count). The zero-order chi connectivity index (χ0) is 23.5. The van der Waals surface area contributed by atoms with Gasteiger partial charge in [0.15, 0.2) is 0 Å². The Morgan fingerprint density at radius 2 is 1.82 bits per heavy atom. The number of carbonyl (C=O) groups excluding carboxylic acids is 2. The van der Waals surface area contributed by atoms with Crippen LogP contribution in [0.4, 0.5) is 10.2 Å². The van der Waals surface area contributed by atoms with Crippen LogP contribution in [0.2, 0.25) is 0 Å². The largest absolute Gasteiger partial charge is 0.335 e. The van der Waals surface area contributed by atoms with E-state index in [4.69, 9.17) is 0 Å². The zero-order valence-electron chi connectivity index (χ0n) is 18.5. The molecule has 0 bridgehead atoms. The van der Waals surface area contributed by atoms with E-state index in [1.165, 1.54) is 23.5 Å². The maximum absolute atomic E-state index is 13.4. The van der Waals surface area contributed by atoms with Gasteiger partial charge in [0.25, 0.3) is 5.91 Å². The van der Waals surface area contributed by atoms with Gasteiger partial charge >= 0.3 is 0 Å². The minimum absolute atomic E-state index is 0.0239. The quantitative estimate of drug-likeness (QED) is 0.625. The Hall–Kier alpha value is -3.48. The van der Waals surface area contributed by atoms with Crippen molar-refractivity contribution in [3.8, 4) is 11.8 Å². The molecule has 1 N–H and O–H groups in total. The molecule has 1 fully saturated rings. The van der Waals surface area contributed by atoms with Crippen molar-refractivity contribution in [3.05, 3.63) is 69.3 Å². The highest BCUT2D eigenvalue weighted by Gasteiger charge is 2.25. The smallest absolute Gasteiger partial charge is 0.264 e. The third-order valence-electron chi connectivity index (χ3n) is 5.93. The van der Waals surface area contributed by atoms with Crippen molar-refractivity contribution in [2.75, 3.05) is 38.0 Å². The molecule has 1 aromatic carbocycles. The molecule has 1 aliphatic rings. The molecule has 0 atom stereocenters. The lowest BCUT2D eigenvalue weighted by atomic mass is 10.2. The number of halogens is 1. The summed E-state index contributed by atoms with van der Waals surface area (Å²) in [6, 6.07) is 11.8. The van der Waals surface area contributed by atoms with Crippen molar-refractivity contribution in [1.29, 1.82) is 5.26 Å². The first-order valence-corrected chi connectivity index (χ1v) is 11.5. The fraction of sp³-hybridized carbons (Fsp3) is 0.292. The second-order valence-corrected chi connectivity index (χ2v) is 8.90. The maximum Gasteiger partial charge on any atom is 0.264 e. The molecule has 2 amide bonds. The van der Waals surface area contributed by atoms with E-state index in [1.54, 1.807) is 21.6 Å². The number of carbonyl (C=O) groups is 2. The Labute approximate surface area is 195 Å². The number of hydrogen-bond donors (Lipinski definition) is 1. The van der Waals surface area contributed by atoms with Gasteiger partial charge < -0.3 is 10.2 Å². The molecular weight excluding hydrogens is 441 g/mol. The highest BCUT2D eigenvalue weighted by molar-refractivity contribution is 7.12.